The van der Waals surface area contributed by atoms with Crippen LogP contribution in [0.3, 0.4) is 0 Å². The van der Waals surface area contributed by atoms with Crippen LogP contribution in [0.25, 0.3) is 10.7 Å². The number of hydrogen-bond acceptors (Lipinski definition) is 7. The number of nitrogens with one attached hydrogen (secondary N) is 1. The van der Waals surface area contributed by atoms with Gasteiger partial charge in [-0.1, -0.05) is 23.9 Å². The minimum absolute atomic E-state index is 0.00254. The molecule has 0 radical (unpaired) electrons. The van der Waals surface area contributed by atoms with Gasteiger partial charge in [0.25, 0.3) is 0 Å². The van der Waals surface area contributed by atoms with Gasteiger partial charge in [0, 0.05) is 13.6 Å². The summed E-state index contributed by atoms with van der Waals surface area (Å²) >= 11 is 2.90. The lowest BCUT2D eigenvalue weighted by atomic mass is 10.2. The Morgan fingerprint density at radius 2 is 2.07 bits per heavy atom. The van der Waals surface area contributed by atoms with Gasteiger partial charge in [0.15, 0.2) is 17.3 Å². The van der Waals surface area contributed by atoms with E-state index in [2.05, 4.69) is 15.2 Å². The first-order valence-electron chi connectivity index (χ1n) is 8.14. The molecule has 2 heterocycles. The van der Waals surface area contributed by atoms with Gasteiger partial charge < -0.3 is 14.4 Å². The second-order valence-corrected chi connectivity index (χ2v) is 7.56. The molecule has 1 amide bonds. The number of methoxy groups -OCH3 is 2. The largest absolute Gasteiger partial charge is 0.493 e. The predicted molar refractivity (Wildman–Crippen MR) is 106 cm³/mol. The molecule has 0 aliphatic heterocycles. The molecule has 0 atom stereocenters. The second kappa shape index (κ2) is 8.92. The van der Waals surface area contributed by atoms with Crippen LogP contribution in [-0.2, 0) is 11.3 Å². The molecule has 0 aliphatic carbocycles. The van der Waals surface area contributed by atoms with E-state index in [0.717, 1.165) is 16.3 Å². The zero-order valence-electron chi connectivity index (χ0n) is 15.3. The second-order valence-electron chi connectivity index (χ2n) is 5.67. The van der Waals surface area contributed by atoms with Crippen molar-refractivity contribution in [3.8, 4) is 22.2 Å². The normalized spacial score (nSPS) is 10.6. The average Bonchev–Trinajstić information content (AvgIpc) is 3.37. The highest BCUT2D eigenvalue weighted by Crippen LogP contribution is 2.28. The van der Waals surface area contributed by atoms with Gasteiger partial charge in [-0.2, -0.15) is 0 Å². The van der Waals surface area contributed by atoms with Crippen molar-refractivity contribution in [2.75, 3.05) is 27.0 Å². The fourth-order valence-electron chi connectivity index (χ4n) is 2.41. The highest BCUT2D eigenvalue weighted by molar-refractivity contribution is 7.99. The predicted octanol–water partition coefficient (Wildman–Crippen LogP) is 3.30. The van der Waals surface area contributed by atoms with Crippen molar-refractivity contribution in [3.63, 3.8) is 0 Å². The highest BCUT2D eigenvalue weighted by Gasteiger charge is 2.14. The van der Waals surface area contributed by atoms with E-state index in [0.29, 0.717) is 23.2 Å². The van der Waals surface area contributed by atoms with E-state index >= 15 is 0 Å². The molecule has 0 unspecified atom stereocenters. The summed E-state index contributed by atoms with van der Waals surface area (Å²) in [5.41, 5.74) is 0.964. The number of amides is 1. The lowest BCUT2D eigenvalue weighted by Gasteiger charge is -2.17. The number of hydrogen-bond donors (Lipinski definition) is 1. The summed E-state index contributed by atoms with van der Waals surface area (Å²) in [6, 6.07) is 9.56. The molecule has 2 aromatic heterocycles. The maximum Gasteiger partial charge on any atom is 0.233 e. The molecule has 7 nitrogen and oxygen atoms in total. The molecule has 0 fully saturated rings. The van der Waals surface area contributed by atoms with Gasteiger partial charge in [-0.3, -0.25) is 9.89 Å². The minimum Gasteiger partial charge on any atom is -0.493 e. The van der Waals surface area contributed by atoms with Crippen LogP contribution in [0.5, 0.6) is 11.5 Å². The summed E-state index contributed by atoms with van der Waals surface area (Å²) in [6.45, 7) is 0.480. The van der Waals surface area contributed by atoms with Gasteiger partial charge in [-0.25, -0.2) is 4.98 Å². The minimum atomic E-state index is -0.00254. The summed E-state index contributed by atoms with van der Waals surface area (Å²) in [5, 5.41) is 9.61. The average molecular weight is 405 g/mol. The van der Waals surface area contributed by atoms with E-state index in [1.54, 1.807) is 37.5 Å². The van der Waals surface area contributed by atoms with Crippen molar-refractivity contribution in [2.45, 2.75) is 11.7 Å². The van der Waals surface area contributed by atoms with Crippen molar-refractivity contribution < 1.29 is 14.3 Å². The highest BCUT2D eigenvalue weighted by atomic mass is 32.2. The molecule has 3 rings (SSSR count). The van der Waals surface area contributed by atoms with Crippen molar-refractivity contribution in [1.29, 1.82) is 0 Å². The van der Waals surface area contributed by atoms with Crippen molar-refractivity contribution >= 4 is 29.0 Å². The molecule has 27 heavy (non-hydrogen) atoms. The van der Waals surface area contributed by atoms with Crippen LogP contribution in [0.4, 0.5) is 0 Å². The quantitative estimate of drug-likeness (QED) is 0.580. The fourth-order valence-corrected chi connectivity index (χ4v) is 3.81. The van der Waals surface area contributed by atoms with Crippen LogP contribution in [-0.4, -0.2) is 53.0 Å². The number of benzene rings is 1. The Morgan fingerprint density at radius 1 is 1.26 bits per heavy atom. The van der Waals surface area contributed by atoms with Crippen molar-refractivity contribution in [1.82, 2.24) is 20.1 Å². The number of thiophene rings is 1. The van der Waals surface area contributed by atoms with Crippen LogP contribution < -0.4 is 9.47 Å². The lowest BCUT2D eigenvalue weighted by Crippen LogP contribution is -2.27. The lowest BCUT2D eigenvalue weighted by molar-refractivity contribution is -0.127. The van der Waals surface area contributed by atoms with Gasteiger partial charge in [-0.05, 0) is 29.1 Å². The van der Waals surface area contributed by atoms with E-state index < -0.39 is 0 Å². The van der Waals surface area contributed by atoms with Crippen LogP contribution in [0.1, 0.15) is 5.56 Å². The van der Waals surface area contributed by atoms with Crippen LogP contribution in [0.15, 0.2) is 40.9 Å². The molecule has 0 spiro atoms. The molecule has 142 valence electrons. The monoisotopic (exact) mass is 404 g/mol. The standard InChI is InChI=1S/C18H20N4O3S2/c1-22(10-12-6-7-13(24-2)14(9-12)25-3)16(23)11-27-18-19-17(20-21-18)15-5-4-8-26-15/h4-9H,10-11H2,1-3H3,(H,19,20,21). The Balaban J connectivity index is 1.55. The van der Waals surface area contributed by atoms with Gasteiger partial charge in [0.2, 0.25) is 11.1 Å². The molecular formula is C18H20N4O3S2. The van der Waals surface area contributed by atoms with E-state index in [1.807, 2.05) is 35.7 Å². The Labute approximate surface area is 165 Å². The number of aromatic nitrogens is 3. The molecule has 3 aromatic rings. The van der Waals surface area contributed by atoms with Crippen molar-refractivity contribution in [3.05, 3.63) is 41.3 Å². The maximum absolute atomic E-state index is 12.4. The summed E-state index contributed by atoms with van der Waals surface area (Å²) in [5.74, 6) is 2.30. The van der Waals surface area contributed by atoms with E-state index in [-0.39, 0.29) is 11.7 Å². The summed E-state index contributed by atoms with van der Waals surface area (Å²) in [6.07, 6.45) is 0. The van der Waals surface area contributed by atoms with E-state index in [4.69, 9.17) is 9.47 Å². The maximum atomic E-state index is 12.4. The Kier molecular flexibility index (Phi) is 6.36. The van der Waals surface area contributed by atoms with E-state index in [1.165, 1.54) is 11.8 Å². The Morgan fingerprint density at radius 3 is 2.78 bits per heavy atom. The molecule has 0 saturated heterocycles. The van der Waals surface area contributed by atoms with Gasteiger partial charge in [0.05, 0.1) is 24.8 Å². The molecule has 9 heteroatoms. The van der Waals surface area contributed by atoms with Crippen LogP contribution in [0, 0.1) is 0 Å². The van der Waals surface area contributed by atoms with Crippen LogP contribution in [0.2, 0.25) is 0 Å². The summed E-state index contributed by atoms with van der Waals surface area (Å²) in [7, 11) is 4.96. The van der Waals surface area contributed by atoms with Crippen molar-refractivity contribution in [2.24, 2.45) is 0 Å². The van der Waals surface area contributed by atoms with Crippen LogP contribution >= 0.6 is 23.1 Å². The Hall–Kier alpha value is -2.52. The number of nitrogens with zero attached hydrogens (tertiary/aromatic N) is 3. The molecular weight excluding hydrogens is 384 g/mol. The number of thioether (sulfide) groups is 1. The molecule has 1 N–H and O–H groups in total. The number of carbonyl (C=O) groups is 1. The van der Waals surface area contributed by atoms with Gasteiger partial charge in [0.1, 0.15) is 0 Å². The fraction of sp³-hybridized carbons (Fsp3) is 0.278. The summed E-state index contributed by atoms with van der Waals surface area (Å²) < 4.78 is 10.5. The number of carbonyl (C=O) groups excluding carboxylic acids is 1. The third-order valence-corrected chi connectivity index (χ3v) is 5.55. The number of ether oxygens (including phenoxy) is 2. The first-order valence-corrected chi connectivity index (χ1v) is 10.0. The summed E-state index contributed by atoms with van der Waals surface area (Å²) in [4.78, 5) is 19.5. The topological polar surface area (TPSA) is 80.3 Å². The molecule has 0 aliphatic rings. The first-order chi connectivity index (χ1) is 13.1. The van der Waals surface area contributed by atoms with E-state index in [9.17, 15) is 4.79 Å². The van der Waals surface area contributed by atoms with Gasteiger partial charge in [-0.15, -0.1) is 16.4 Å². The molecule has 1 aromatic carbocycles. The molecule has 0 bridgehead atoms. The third-order valence-electron chi connectivity index (χ3n) is 3.84. The number of H-pyrrole nitrogens is 1. The smallest absolute Gasteiger partial charge is 0.233 e. The van der Waals surface area contributed by atoms with Gasteiger partial charge >= 0.3 is 0 Å². The third kappa shape index (κ3) is 4.81. The number of aromatic amines is 1. The number of rotatable bonds is 8. The zero-order chi connectivity index (χ0) is 19.2. The molecule has 0 saturated carbocycles. The first kappa shape index (κ1) is 19.2. The zero-order valence-corrected chi connectivity index (χ0v) is 16.9. The SMILES string of the molecule is COc1ccc(CN(C)C(=O)CSc2n[nH]c(-c3cccs3)n2)cc1OC. The Bertz CT molecular complexity index is 896.